The van der Waals surface area contributed by atoms with Crippen molar-refractivity contribution in [3.05, 3.63) is 35.5 Å². The summed E-state index contributed by atoms with van der Waals surface area (Å²) in [7, 11) is 1.61. The van der Waals surface area contributed by atoms with Gasteiger partial charge in [0.2, 0.25) is 0 Å². The summed E-state index contributed by atoms with van der Waals surface area (Å²) in [6.07, 6.45) is 0. The van der Waals surface area contributed by atoms with Crippen LogP contribution in [0.25, 0.3) is 11.3 Å². The third kappa shape index (κ3) is 2.50. The maximum atomic E-state index is 11.4. The van der Waals surface area contributed by atoms with Gasteiger partial charge in [0.15, 0.2) is 5.76 Å². The van der Waals surface area contributed by atoms with Gasteiger partial charge in [-0.3, -0.25) is 0 Å². The molecular weight excluding hydrogens is 262 g/mol. The van der Waals surface area contributed by atoms with Crippen molar-refractivity contribution in [2.75, 3.05) is 0 Å². The van der Waals surface area contributed by atoms with Crippen LogP contribution in [0.15, 0.2) is 33.7 Å². The Balaban J connectivity index is 2.59. The van der Waals surface area contributed by atoms with Crippen LogP contribution in [-0.2, 0) is 9.05 Å². The van der Waals surface area contributed by atoms with E-state index < -0.39 is 9.05 Å². The average molecular weight is 272 g/mol. The van der Waals surface area contributed by atoms with Crippen molar-refractivity contribution in [1.82, 2.24) is 5.16 Å². The van der Waals surface area contributed by atoms with Crippen molar-refractivity contribution in [2.45, 2.75) is 18.7 Å². The first-order valence-corrected chi connectivity index (χ1v) is 7.18. The minimum atomic E-state index is -3.75. The largest absolute Gasteiger partial charge is 0.356 e. The van der Waals surface area contributed by atoms with Gasteiger partial charge >= 0.3 is 0 Å². The van der Waals surface area contributed by atoms with Crippen LogP contribution in [0.3, 0.4) is 0 Å². The summed E-state index contributed by atoms with van der Waals surface area (Å²) >= 11 is 0. The first-order chi connectivity index (χ1) is 7.88. The van der Waals surface area contributed by atoms with Crippen molar-refractivity contribution in [1.29, 1.82) is 0 Å². The van der Waals surface area contributed by atoms with Crippen molar-refractivity contribution in [3.8, 4) is 11.3 Å². The van der Waals surface area contributed by atoms with Crippen molar-refractivity contribution in [3.63, 3.8) is 0 Å². The molecule has 1 aromatic carbocycles. The van der Waals surface area contributed by atoms with Gasteiger partial charge in [0, 0.05) is 22.3 Å². The zero-order valence-electron chi connectivity index (χ0n) is 9.27. The molecule has 0 aliphatic heterocycles. The van der Waals surface area contributed by atoms with E-state index in [9.17, 15) is 8.42 Å². The first-order valence-electron chi connectivity index (χ1n) is 4.87. The summed E-state index contributed by atoms with van der Waals surface area (Å²) in [5.74, 6) is 0.518. The fraction of sp³-hybridized carbons (Fsp3) is 0.182. The topological polar surface area (TPSA) is 60.2 Å². The predicted octanol–water partition coefficient (Wildman–Crippen LogP) is 2.89. The first kappa shape index (κ1) is 12.1. The molecular formula is C11H10ClNO3S. The highest BCUT2D eigenvalue weighted by Gasteiger charge is 2.15. The van der Waals surface area contributed by atoms with Crippen LogP contribution < -0.4 is 0 Å². The van der Waals surface area contributed by atoms with Gasteiger partial charge in [-0.15, -0.1) is 0 Å². The van der Waals surface area contributed by atoms with Gasteiger partial charge in [0.1, 0.15) is 0 Å². The van der Waals surface area contributed by atoms with E-state index in [1.807, 2.05) is 0 Å². The second-order valence-corrected chi connectivity index (χ2v) is 6.29. The summed E-state index contributed by atoms with van der Waals surface area (Å²) in [5.41, 5.74) is 1.96. The molecule has 90 valence electrons. The lowest BCUT2D eigenvalue weighted by Gasteiger charge is -2.03. The van der Waals surface area contributed by atoms with Crippen LogP contribution in [0.4, 0.5) is 0 Å². The Kier molecular flexibility index (Phi) is 2.97. The predicted molar refractivity (Wildman–Crippen MR) is 64.5 cm³/mol. The quantitative estimate of drug-likeness (QED) is 0.788. The maximum Gasteiger partial charge on any atom is 0.261 e. The molecule has 2 aromatic rings. The molecule has 0 bridgehead atoms. The molecule has 1 aromatic heterocycles. The Morgan fingerprint density at radius 1 is 1.24 bits per heavy atom. The minimum Gasteiger partial charge on any atom is -0.356 e. The fourth-order valence-electron chi connectivity index (χ4n) is 1.52. The Morgan fingerprint density at radius 3 is 2.47 bits per heavy atom. The normalized spacial score (nSPS) is 11.7. The van der Waals surface area contributed by atoms with Gasteiger partial charge in [0.05, 0.1) is 10.6 Å². The number of aryl methyl sites for hydroxylation is 2. The summed E-state index contributed by atoms with van der Waals surface area (Å²) in [6.45, 7) is 3.48. The number of nitrogens with zero attached hydrogens (tertiary/aromatic N) is 1. The van der Waals surface area contributed by atoms with E-state index in [0.29, 0.717) is 16.9 Å². The van der Waals surface area contributed by atoms with Crippen molar-refractivity contribution < 1.29 is 12.9 Å². The molecule has 0 atom stereocenters. The lowest BCUT2D eigenvalue weighted by atomic mass is 10.1. The Labute approximate surface area is 104 Å². The van der Waals surface area contributed by atoms with Gasteiger partial charge < -0.3 is 4.52 Å². The van der Waals surface area contributed by atoms with Gasteiger partial charge in [-0.1, -0.05) is 17.3 Å². The monoisotopic (exact) mass is 271 g/mol. The molecule has 1 heterocycles. The number of aromatic nitrogens is 1. The Morgan fingerprint density at radius 2 is 1.94 bits per heavy atom. The molecule has 0 saturated heterocycles. The number of halogens is 1. The average Bonchev–Trinajstić information content (AvgIpc) is 2.64. The Bertz CT molecular complexity index is 661. The summed E-state index contributed by atoms with van der Waals surface area (Å²) in [5, 5.41) is 3.75. The zero-order chi connectivity index (χ0) is 12.6. The number of hydrogen-bond donors (Lipinski definition) is 0. The van der Waals surface area contributed by atoms with Crippen LogP contribution in [0.5, 0.6) is 0 Å². The smallest absolute Gasteiger partial charge is 0.261 e. The van der Waals surface area contributed by atoms with Crippen LogP contribution in [0, 0.1) is 13.8 Å². The second-order valence-electron chi connectivity index (χ2n) is 3.75. The number of rotatable bonds is 2. The van der Waals surface area contributed by atoms with Crippen LogP contribution >= 0.6 is 10.7 Å². The fourth-order valence-corrected chi connectivity index (χ4v) is 2.73. The molecule has 0 unspecified atom stereocenters. The van der Waals surface area contributed by atoms with Crippen LogP contribution in [0.2, 0.25) is 0 Å². The minimum absolute atomic E-state index is 0.0886. The highest BCUT2D eigenvalue weighted by Crippen LogP contribution is 2.27. The molecule has 0 aliphatic rings. The lowest BCUT2D eigenvalue weighted by molar-refractivity contribution is 0.427. The van der Waals surface area contributed by atoms with E-state index in [1.165, 1.54) is 6.07 Å². The molecule has 0 fully saturated rings. The molecule has 0 amide bonds. The molecule has 17 heavy (non-hydrogen) atoms. The summed E-state index contributed by atoms with van der Waals surface area (Å²) in [6, 6.07) is 6.66. The zero-order valence-corrected chi connectivity index (χ0v) is 10.8. The molecule has 6 heteroatoms. The molecule has 4 nitrogen and oxygen atoms in total. The molecule has 0 aliphatic carbocycles. The second kappa shape index (κ2) is 4.16. The standard InChI is InChI=1S/C11H10ClNO3S/c1-7-3-4-9(6-11(7)17(12,14)15)10-5-8(2)13-16-10/h3-6H,1-2H3. The summed E-state index contributed by atoms with van der Waals surface area (Å²) < 4.78 is 27.8. The van der Waals surface area contributed by atoms with Crippen LogP contribution in [0.1, 0.15) is 11.3 Å². The SMILES string of the molecule is Cc1cc(-c2ccc(C)c(S(=O)(=O)Cl)c2)on1. The highest BCUT2D eigenvalue weighted by atomic mass is 35.7. The lowest BCUT2D eigenvalue weighted by Crippen LogP contribution is -1.94. The Hall–Kier alpha value is -1.33. The third-order valence-corrected chi connectivity index (χ3v) is 3.83. The van der Waals surface area contributed by atoms with Crippen LogP contribution in [-0.4, -0.2) is 13.6 Å². The molecule has 0 radical (unpaired) electrons. The van der Waals surface area contributed by atoms with Gasteiger partial charge in [0.25, 0.3) is 9.05 Å². The molecule has 0 saturated carbocycles. The number of hydrogen-bond acceptors (Lipinski definition) is 4. The molecule has 0 spiro atoms. The number of benzene rings is 1. The maximum absolute atomic E-state index is 11.4. The van der Waals surface area contributed by atoms with E-state index >= 15 is 0 Å². The van der Waals surface area contributed by atoms with E-state index in [4.69, 9.17) is 15.2 Å². The van der Waals surface area contributed by atoms with E-state index in [1.54, 1.807) is 32.0 Å². The van der Waals surface area contributed by atoms with Gasteiger partial charge in [-0.2, -0.15) is 0 Å². The van der Waals surface area contributed by atoms with Gasteiger partial charge in [-0.25, -0.2) is 8.42 Å². The van der Waals surface area contributed by atoms with Gasteiger partial charge in [-0.05, 0) is 25.5 Å². The molecule has 2 rings (SSSR count). The molecule has 0 N–H and O–H groups in total. The highest BCUT2D eigenvalue weighted by molar-refractivity contribution is 8.13. The van der Waals surface area contributed by atoms with Crippen molar-refractivity contribution >= 4 is 19.7 Å². The third-order valence-electron chi connectivity index (χ3n) is 2.36. The van der Waals surface area contributed by atoms with E-state index in [-0.39, 0.29) is 4.90 Å². The van der Waals surface area contributed by atoms with Crippen molar-refractivity contribution in [2.24, 2.45) is 0 Å². The van der Waals surface area contributed by atoms with E-state index in [0.717, 1.165) is 5.69 Å². The van der Waals surface area contributed by atoms with E-state index in [2.05, 4.69) is 5.16 Å². The summed E-state index contributed by atoms with van der Waals surface area (Å²) in [4.78, 5) is 0.0886.